The molecule has 0 aliphatic carbocycles. The molecule has 0 fully saturated rings. The number of aromatic nitrogens is 1. The van der Waals surface area contributed by atoms with Gasteiger partial charge in [0.15, 0.2) is 4.80 Å². The molecule has 1 aliphatic heterocycles. The summed E-state index contributed by atoms with van der Waals surface area (Å²) in [6.45, 7) is 1.69. The maximum Gasteiger partial charge on any atom is 0.338 e. The highest BCUT2D eigenvalue weighted by Gasteiger charge is 2.35. The second kappa shape index (κ2) is 10.2. The van der Waals surface area contributed by atoms with Gasteiger partial charge in [-0.15, -0.1) is 0 Å². The summed E-state index contributed by atoms with van der Waals surface area (Å²) in [5.41, 5.74) is 1.92. The molecule has 0 spiro atoms. The molecule has 0 saturated carbocycles. The quantitative estimate of drug-likeness (QED) is 0.348. The molecule has 0 radical (unpaired) electrons. The van der Waals surface area contributed by atoms with Crippen LogP contribution in [0.15, 0.2) is 80.1 Å². The van der Waals surface area contributed by atoms with Crippen molar-refractivity contribution in [3.63, 3.8) is 0 Å². The van der Waals surface area contributed by atoms with Crippen LogP contribution in [0.25, 0.3) is 17.4 Å². The summed E-state index contributed by atoms with van der Waals surface area (Å²) in [6, 6.07) is 16.9. The Kier molecular flexibility index (Phi) is 6.76. The van der Waals surface area contributed by atoms with E-state index in [9.17, 15) is 14.9 Å². The predicted octanol–water partition coefficient (Wildman–Crippen LogP) is 4.20. The van der Waals surface area contributed by atoms with Crippen LogP contribution in [0, 0.1) is 11.3 Å². The summed E-state index contributed by atoms with van der Waals surface area (Å²) in [7, 11) is 2.78. The average molecular weight is 546 g/mol. The molecule has 190 valence electrons. The molecule has 1 aliphatic rings. The Morgan fingerprint density at radius 2 is 2.00 bits per heavy atom. The lowest BCUT2D eigenvalue weighted by Gasteiger charge is -2.25. The first-order valence-electron chi connectivity index (χ1n) is 11.4. The summed E-state index contributed by atoms with van der Waals surface area (Å²) >= 11 is 7.48. The normalized spacial score (nSPS) is 15.0. The number of methoxy groups -OCH3 is 2. The van der Waals surface area contributed by atoms with Gasteiger partial charge in [0.1, 0.15) is 23.3 Å². The van der Waals surface area contributed by atoms with Gasteiger partial charge in [-0.1, -0.05) is 35.1 Å². The molecule has 4 aromatic rings. The molecular formula is C28H20ClN3O5S. The number of nitriles is 1. The number of thiazole rings is 1. The van der Waals surface area contributed by atoms with E-state index in [0.29, 0.717) is 54.0 Å². The number of hydrogen-bond acceptors (Lipinski definition) is 8. The van der Waals surface area contributed by atoms with Gasteiger partial charge in [-0.2, -0.15) is 5.26 Å². The van der Waals surface area contributed by atoms with E-state index >= 15 is 0 Å². The summed E-state index contributed by atoms with van der Waals surface area (Å²) in [5, 5.41) is 9.84. The Balaban J connectivity index is 1.69. The third-order valence-electron chi connectivity index (χ3n) is 6.13. The Morgan fingerprint density at radius 1 is 1.21 bits per heavy atom. The van der Waals surface area contributed by atoms with Crippen LogP contribution in [-0.4, -0.2) is 24.8 Å². The van der Waals surface area contributed by atoms with Crippen molar-refractivity contribution in [1.82, 2.24) is 4.57 Å². The van der Waals surface area contributed by atoms with Crippen molar-refractivity contribution in [3.8, 4) is 23.1 Å². The van der Waals surface area contributed by atoms with E-state index < -0.39 is 12.0 Å². The lowest BCUT2D eigenvalue weighted by atomic mass is 9.95. The number of fused-ring (bicyclic) bond motifs is 1. The van der Waals surface area contributed by atoms with Crippen LogP contribution in [0.5, 0.6) is 5.75 Å². The zero-order valence-electron chi connectivity index (χ0n) is 20.5. The van der Waals surface area contributed by atoms with Crippen molar-refractivity contribution in [2.45, 2.75) is 13.0 Å². The highest BCUT2D eigenvalue weighted by Crippen LogP contribution is 2.37. The monoisotopic (exact) mass is 545 g/mol. The van der Waals surface area contributed by atoms with E-state index in [1.165, 1.54) is 30.1 Å². The molecule has 10 heteroatoms. The fourth-order valence-electron chi connectivity index (χ4n) is 4.41. The molecule has 0 amide bonds. The van der Waals surface area contributed by atoms with Crippen LogP contribution in [0.2, 0.25) is 5.02 Å². The van der Waals surface area contributed by atoms with Crippen LogP contribution in [0.1, 0.15) is 29.9 Å². The van der Waals surface area contributed by atoms with Crippen molar-refractivity contribution < 1.29 is 18.7 Å². The van der Waals surface area contributed by atoms with E-state index in [-0.39, 0.29) is 11.1 Å². The molecule has 0 N–H and O–H groups in total. The topological polar surface area (TPSA) is 107 Å². The number of carbonyl (C=O) groups excluding carboxylic acids is 1. The number of carbonyl (C=O) groups is 1. The number of ether oxygens (including phenoxy) is 2. The molecule has 0 bridgehead atoms. The molecule has 3 heterocycles. The van der Waals surface area contributed by atoms with Gasteiger partial charge < -0.3 is 13.9 Å². The number of furan rings is 1. The fraction of sp³-hybridized carbons (Fsp3) is 0.143. The molecule has 5 rings (SSSR count). The maximum absolute atomic E-state index is 13.8. The lowest BCUT2D eigenvalue weighted by molar-refractivity contribution is -0.136. The molecule has 2 aromatic carbocycles. The van der Waals surface area contributed by atoms with Crippen molar-refractivity contribution in [2.75, 3.05) is 14.2 Å². The first kappa shape index (κ1) is 25.3. The molecule has 38 heavy (non-hydrogen) atoms. The van der Waals surface area contributed by atoms with E-state index in [1.54, 1.807) is 61.5 Å². The molecule has 0 saturated heterocycles. The second-order valence-corrected chi connectivity index (χ2v) is 9.76. The molecule has 8 nitrogen and oxygen atoms in total. The van der Waals surface area contributed by atoms with E-state index in [4.69, 9.17) is 25.5 Å². The number of benzene rings is 2. The highest BCUT2D eigenvalue weighted by atomic mass is 35.5. The average Bonchev–Trinajstić information content (AvgIpc) is 3.51. The van der Waals surface area contributed by atoms with Gasteiger partial charge in [0, 0.05) is 22.2 Å². The molecular weight excluding hydrogens is 526 g/mol. The van der Waals surface area contributed by atoms with E-state index in [0.717, 1.165) is 0 Å². The number of esters is 1. The summed E-state index contributed by atoms with van der Waals surface area (Å²) in [4.78, 5) is 31.6. The Hall–Kier alpha value is -4.39. The minimum absolute atomic E-state index is 0.209. The summed E-state index contributed by atoms with van der Waals surface area (Å²) in [5.74, 6) is 0.779. The molecule has 2 aromatic heterocycles. The first-order chi connectivity index (χ1) is 18.4. The number of nitrogens with zero attached hydrogens (tertiary/aromatic N) is 3. The lowest BCUT2D eigenvalue weighted by Crippen LogP contribution is -2.40. The number of halogens is 1. The third-order valence-corrected chi connectivity index (χ3v) is 7.34. The molecule has 1 atom stereocenters. The van der Waals surface area contributed by atoms with Gasteiger partial charge in [-0.3, -0.25) is 9.36 Å². The predicted molar refractivity (Wildman–Crippen MR) is 143 cm³/mol. The van der Waals surface area contributed by atoms with Gasteiger partial charge in [0.2, 0.25) is 0 Å². The Bertz CT molecular complexity index is 1840. The minimum Gasteiger partial charge on any atom is -0.496 e. The van der Waals surface area contributed by atoms with Crippen LogP contribution in [-0.2, 0) is 9.53 Å². The first-order valence-corrected chi connectivity index (χ1v) is 12.6. The SMILES string of the molecule is COC(=O)C1=C(C)N=c2s/c(=C\c3ccc(-c4ccccc4C#N)o3)c(=O)n2[C@H]1c1cc(Cl)ccc1OC. The number of allylic oxidation sites excluding steroid dienone is 1. The van der Waals surface area contributed by atoms with Gasteiger partial charge in [-0.25, -0.2) is 9.79 Å². The third kappa shape index (κ3) is 4.34. The van der Waals surface area contributed by atoms with E-state index in [2.05, 4.69) is 11.1 Å². The van der Waals surface area contributed by atoms with Gasteiger partial charge in [-0.05, 0) is 49.4 Å². The van der Waals surface area contributed by atoms with Gasteiger partial charge in [0.05, 0.1) is 41.7 Å². The van der Waals surface area contributed by atoms with Crippen LogP contribution >= 0.6 is 22.9 Å². The van der Waals surface area contributed by atoms with Crippen molar-refractivity contribution >= 4 is 35.0 Å². The zero-order valence-corrected chi connectivity index (χ0v) is 22.1. The minimum atomic E-state index is -0.871. The largest absolute Gasteiger partial charge is 0.496 e. The van der Waals surface area contributed by atoms with Gasteiger partial charge in [0.25, 0.3) is 5.56 Å². The number of rotatable bonds is 5. The summed E-state index contributed by atoms with van der Waals surface area (Å²) < 4.78 is 18.4. The van der Waals surface area contributed by atoms with Crippen LogP contribution in [0.4, 0.5) is 0 Å². The van der Waals surface area contributed by atoms with Gasteiger partial charge >= 0.3 is 5.97 Å². The standard InChI is InChI=1S/C28H20ClN3O5S/c1-15-24(27(34)36-3)25(20-12-17(29)8-10-21(20)35-2)32-26(33)23(38-28(32)31-15)13-18-9-11-22(37-18)19-7-5-4-6-16(19)14-30/h4-13,25H,1-3H3/b23-13-/t25-/m0/s1. The van der Waals surface area contributed by atoms with E-state index in [1.807, 2.05) is 6.07 Å². The maximum atomic E-state index is 13.8. The van der Waals surface area contributed by atoms with Crippen molar-refractivity contribution in [2.24, 2.45) is 4.99 Å². The molecule has 0 unspecified atom stereocenters. The fourth-order valence-corrected chi connectivity index (χ4v) is 5.61. The van der Waals surface area contributed by atoms with Crippen molar-refractivity contribution in [1.29, 1.82) is 5.26 Å². The second-order valence-electron chi connectivity index (χ2n) is 8.32. The smallest absolute Gasteiger partial charge is 0.338 e. The summed E-state index contributed by atoms with van der Waals surface area (Å²) in [6.07, 6.45) is 1.62. The Morgan fingerprint density at radius 3 is 2.74 bits per heavy atom. The number of hydrogen-bond donors (Lipinski definition) is 0. The van der Waals surface area contributed by atoms with Crippen molar-refractivity contribution in [3.05, 3.63) is 107 Å². The van der Waals surface area contributed by atoms with Crippen LogP contribution < -0.4 is 19.6 Å². The highest BCUT2D eigenvalue weighted by molar-refractivity contribution is 7.07. The zero-order chi connectivity index (χ0) is 27.0. The van der Waals surface area contributed by atoms with Crippen LogP contribution in [0.3, 0.4) is 0 Å². The Labute approximate surface area is 226 Å².